The number of nitrogens with one attached hydrogen (secondary N) is 1. The van der Waals surface area contributed by atoms with E-state index in [1.54, 1.807) is 0 Å². The highest BCUT2D eigenvalue weighted by Crippen LogP contribution is 2.15. The molecule has 0 saturated carbocycles. The van der Waals surface area contributed by atoms with Crippen molar-refractivity contribution >= 4 is 11.6 Å². The summed E-state index contributed by atoms with van der Waals surface area (Å²) in [6.07, 6.45) is 2.15. The second-order valence-corrected chi connectivity index (χ2v) is 4.63. The summed E-state index contributed by atoms with van der Waals surface area (Å²) in [5, 5.41) is 4.26. The first-order valence-corrected chi connectivity index (χ1v) is 6.68. The lowest BCUT2D eigenvalue weighted by molar-refractivity contribution is 0.132. The summed E-state index contributed by atoms with van der Waals surface area (Å²) in [4.78, 5) is 0. The summed E-state index contributed by atoms with van der Waals surface area (Å²) in [6, 6.07) is 8.35. The Labute approximate surface area is 109 Å². The molecule has 0 saturated heterocycles. The summed E-state index contributed by atoms with van der Waals surface area (Å²) in [5.41, 5.74) is 1.27. The first kappa shape index (κ1) is 14.5. The van der Waals surface area contributed by atoms with Gasteiger partial charge in [0.25, 0.3) is 0 Å². The molecular formula is C14H22ClNO. The van der Waals surface area contributed by atoms with Gasteiger partial charge in [-0.15, -0.1) is 0 Å². The van der Waals surface area contributed by atoms with Crippen molar-refractivity contribution < 1.29 is 4.74 Å². The fourth-order valence-corrected chi connectivity index (χ4v) is 1.73. The van der Waals surface area contributed by atoms with Gasteiger partial charge < -0.3 is 10.1 Å². The van der Waals surface area contributed by atoms with Crippen LogP contribution in [-0.4, -0.2) is 19.8 Å². The van der Waals surface area contributed by atoms with Gasteiger partial charge in [0.1, 0.15) is 0 Å². The van der Waals surface area contributed by atoms with Crippen LogP contribution in [0.5, 0.6) is 0 Å². The van der Waals surface area contributed by atoms with Gasteiger partial charge in [-0.05, 0) is 44.0 Å². The summed E-state index contributed by atoms with van der Waals surface area (Å²) in [7, 11) is 0. The van der Waals surface area contributed by atoms with Crippen molar-refractivity contribution in [2.24, 2.45) is 0 Å². The Balaban J connectivity index is 2.16. The van der Waals surface area contributed by atoms with Crippen molar-refractivity contribution in [3.63, 3.8) is 0 Å². The molecule has 0 fully saturated rings. The fraction of sp³-hybridized carbons (Fsp3) is 0.571. The lowest BCUT2D eigenvalue weighted by Crippen LogP contribution is -2.21. The number of benzene rings is 1. The van der Waals surface area contributed by atoms with Crippen LogP contribution in [-0.2, 0) is 4.74 Å². The van der Waals surface area contributed by atoms with Gasteiger partial charge >= 0.3 is 0 Å². The number of rotatable bonds is 8. The lowest BCUT2D eigenvalue weighted by atomic mass is 10.1. The standard InChI is InChI=1S/C14H22ClNO/c1-3-10-17-11-4-9-16-12(2)13-5-7-14(15)8-6-13/h5-8,12,16H,3-4,9-11H2,1-2H3. The molecule has 1 unspecified atom stereocenters. The van der Waals surface area contributed by atoms with E-state index in [0.29, 0.717) is 6.04 Å². The van der Waals surface area contributed by atoms with Crippen molar-refractivity contribution in [1.82, 2.24) is 5.32 Å². The fourth-order valence-electron chi connectivity index (χ4n) is 1.61. The van der Waals surface area contributed by atoms with Gasteiger partial charge in [0.2, 0.25) is 0 Å². The van der Waals surface area contributed by atoms with E-state index in [-0.39, 0.29) is 0 Å². The third-order valence-corrected chi connectivity index (χ3v) is 2.89. The van der Waals surface area contributed by atoms with E-state index in [1.807, 2.05) is 12.1 Å². The average molecular weight is 256 g/mol. The Kier molecular flexibility index (Phi) is 7.25. The molecule has 0 spiro atoms. The molecule has 1 aromatic carbocycles. The topological polar surface area (TPSA) is 21.3 Å². The Morgan fingerprint density at radius 2 is 1.94 bits per heavy atom. The second kappa shape index (κ2) is 8.51. The highest BCUT2D eigenvalue weighted by Gasteiger charge is 2.03. The molecule has 17 heavy (non-hydrogen) atoms. The van der Waals surface area contributed by atoms with Crippen LogP contribution in [0, 0.1) is 0 Å². The third kappa shape index (κ3) is 6.06. The van der Waals surface area contributed by atoms with Gasteiger partial charge in [0, 0.05) is 24.3 Å². The lowest BCUT2D eigenvalue weighted by Gasteiger charge is -2.14. The van der Waals surface area contributed by atoms with Crippen molar-refractivity contribution in [2.45, 2.75) is 32.7 Å². The van der Waals surface area contributed by atoms with E-state index in [2.05, 4.69) is 31.3 Å². The molecule has 1 rings (SSSR count). The van der Waals surface area contributed by atoms with Crippen LogP contribution in [0.3, 0.4) is 0 Å². The van der Waals surface area contributed by atoms with Crippen molar-refractivity contribution in [2.75, 3.05) is 19.8 Å². The van der Waals surface area contributed by atoms with Crippen LogP contribution in [0.2, 0.25) is 5.02 Å². The van der Waals surface area contributed by atoms with Crippen molar-refractivity contribution in [3.05, 3.63) is 34.9 Å². The predicted molar refractivity (Wildman–Crippen MR) is 73.6 cm³/mol. The zero-order valence-electron chi connectivity index (χ0n) is 10.7. The highest BCUT2D eigenvalue weighted by molar-refractivity contribution is 6.30. The maximum absolute atomic E-state index is 5.85. The van der Waals surface area contributed by atoms with Crippen LogP contribution >= 0.6 is 11.6 Å². The number of halogens is 1. The molecule has 2 nitrogen and oxygen atoms in total. The normalized spacial score (nSPS) is 12.6. The predicted octanol–water partition coefficient (Wildman–Crippen LogP) is 3.81. The average Bonchev–Trinajstić information content (AvgIpc) is 2.34. The smallest absolute Gasteiger partial charge is 0.0478 e. The van der Waals surface area contributed by atoms with Gasteiger partial charge in [0.05, 0.1) is 0 Å². The number of hydrogen-bond donors (Lipinski definition) is 1. The van der Waals surface area contributed by atoms with E-state index in [9.17, 15) is 0 Å². The van der Waals surface area contributed by atoms with Gasteiger partial charge in [-0.1, -0.05) is 30.7 Å². The van der Waals surface area contributed by atoms with Crippen LogP contribution in [0.4, 0.5) is 0 Å². The summed E-state index contributed by atoms with van der Waals surface area (Å²) >= 11 is 5.85. The molecule has 0 heterocycles. The maximum Gasteiger partial charge on any atom is 0.0478 e. The third-order valence-electron chi connectivity index (χ3n) is 2.63. The quantitative estimate of drug-likeness (QED) is 0.714. The van der Waals surface area contributed by atoms with E-state index >= 15 is 0 Å². The molecular weight excluding hydrogens is 234 g/mol. The second-order valence-electron chi connectivity index (χ2n) is 4.19. The van der Waals surface area contributed by atoms with Crippen molar-refractivity contribution in [1.29, 1.82) is 0 Å². The molecule has 1 atom stereocenters. The molecule has 0 radical (unpaired) electrons. The van der Waals surface area contributed by atoms with Gasteiger partial charge in [-0.3, -0.25) is 0 Å². The first-order chi connectivity index (χ1) is 8.24. The van der Waals surface area contributed by atoms with E-state index in [1.165, 1.54) is 5.56 Å². The minimum Gasteiger partial charge on any atom is -0.381 e. The summed E-state index contributed by atoms with van der Waals surface area (Å²) in [5.74, 6) is 0. The van der Waals surface area contributed by atoms with Crippen molar-refractivity contribution in [3.8, 4) is 0 Å². The Morgan fingerprint density at radius 3 is 2.59 bits per heavy atom. The molecule has 0 aliphatic heterocycles. The highest BCUT2D eigenvalue weighted by atomic mass is 35.5. The zero-order valence-corrected chi connectivity index (χ0v) is 11.5. The minimum atomic E-state index is 0.360. The minimum absolute atomic E-state index is 0.360. The molecule has 0 aliphatic carbocycles. The molecule has 3 heteroatoms. The SMILES string of the molecule is CCCOCCCNC(C)c1ccc(Cl)cc1. The summed E-state index contributed by atoms with van der Waals surface area (Å²) in [6.45, 7) is 6.98. The Bertz CT molecular complexity index is 300. The van der Waals surface area contributed by atoms with Crippen LogP contribution in [0.1, 0.15) is 38.3 Å². The Hall–Kier alpha value is -0.570. The van der Waals surface area contributed by atoms with Crippen LogP contribution < -0.4 is 5.32 Å². The molecule has 96 valence electrons. The monoisotopic (exact) mass is 255 g/mol. The van der Waals surface area contributed by atoms with E-state index < -0.39 is 0 Å². The molecule has 1 aromatic rings. The molecule has 0 aliphatic rings. The molecule has 0 aromatic heterocycles. The first-order valence-electron chi connectivity index (χ1n) is 6.30. The number of ether oxygens (including phenoxy) is 1. The summed E-state index contributed by atoms with van der Waals surface area (Å²) < 4.78 is 5.43. The molecule has 0 bridgehead atoms. The zero-order chi connectivity index (χ0) is 12.5. The number of hydrogen-bond acceptors (Lipinski definition) is 2. The van der Waals surface area contributed by atoms with E-state index in [0.717, 1.165) is 37.6 Å². The largest absolute Gasteiger partial charge is 0.381 e. The van der Waals surface area contributed by atoms with Crippen LogP contribution in [0.25, 0.3) is 0 Å². The Morgan fingerprint density at radius 1 is 1.24 bits per heavy atom. The van der Waals surface area contributed by atoms with Gasteiger partial charge in [-0.2, -0.15) is 0 Å². The van der Waals surface area contributed by atoms with E-state index in [4.69, 9.17) is 16.3 Å². The maximum atomic E-state index is 5.85. The van der Waals surface area contributed by atoms with Crippen LogP contribution in [0.15, 0.2) is 24.3 Å². The molecule has 1 N–H and O–H groups in total. The van der Waals surface area contributed by atoms with Gasteiger partial charge in [0.15, 0.2) is 0 Å². The van der Waals surface area contributed by atoms with Gasteiger partial charge in [-0.25, -0.2) is 0 Å². The molecule has 0 amide bonds.